The first kappa shape index (κ1) is 22.8. The Bertz CT molecular complexity index is 1220. The highest BCUT2D eigenvalue weighted by atomic mass is 32.2. The molecule has 0 aliphatic heterocycles. The second-order valence-electron chi connectivity index (χ2n) is 6.84. The number of hydrogen-bond acceptors (Lipinski definition) is 6. The van der Waals surface area contributed by atoms with E-state index >= 15 is 0 Å². The monoisotopic (exact) mass is 449 g/mol. The number of anilines is 2. The Kier molecular flexibility index (Phi) is 7.47. The molecular formula is C24H23N3O4S. The third-order valence-electron chi connectivity index (χ3n) is 4.58. The molecule has 0 radical (unpaired) electrons. The highest BCUT2D eigenvalue weighted by Crippen LogP contribution is 2.28. The van der Waals surface area contributed by atoms with Crippen molar-refractivity contribution in [2.75, 3.05) is 23.8 Å². The lowest BCUT2D eigenvalue weighted by Crippen LogP contribution is -2.22. The number of sulfone groups is 1. The smallest absolute Gasteiger partial charge is 0.243 e. The van der Waals surface area contributed by atoms with Gasteiger partial charge in [-0.2, -0.15) is 5.26 Å². The summed E-state index contributed by atoms with van der Waals surface area (Å²) in [5.41, 5.74) is 1.78. The molecule has 0 saturated heterocycles. The summed E-state index contributed by atoms with van der Waals surface area (Å²) in [5, 5.41) is 14.4. The van der Waals surface area contributed by atoms with Crippen LogP contribution in [0.3, 0.4) is 0 Å². The second-order valence-corrected chi connectivity index (χ2v) is 8.76. The molecule has 0 heterocycles. The van der Waals surface area contributed by atoms with Crippen molar-refractivity contribution in [2.24, 2.45) is 0 Å². The minimum absolute atomic E-state index is 0.0813. The molecule has 1 amide bonds. The maximum absolute atomic E-state index is 13.1. The maximum Gasteiger partial charge on any atom is 0.243 e. The Labute approximate surface area is 187 Å². The molecule has 164 valence electrons. The van der Waals surface area contributed by atoms with Gasteiger partial charge < -0.3 is 15.4 Å². The van der Waals surface area contributed by atoms with Gasteiger partial charge in [-0.3, -0.25) is 4.79 Å². The number of nitrogens with zero attached hydrogens (tertiary/aromatic N) is 1. The molecule has 0 aliphatic rings. The van der Waals surface area contributed by atoms with Crippen molar-refractivity contribution in [2.45, 2.75) is 23.1 Å². The van der Waals surface area contributed by atoms with E-state index in [-0.39, 0.29) is 22.2 Å². The van der Waals surface area contributed by atoms with Crippen LogP contribution in [0.4, 0.5) is 11.4 Å². The van der Waals surface area contributed by atoms with Gasteiger partial charge in [0, 0.05) is 5.69 Å². The number of carbonyl (C=O) groups is 1. The Morgan fingerprint density at radius 1 is 1.00 bits per heavy atom. The molecule has 3 rings (SSSR count). The van der Waals surface area contributed by atoms with Gasteiger partial charge in [0.2, 0.25) is 15.7 Å². The molecule has 3 aromatic rings. The SMILES string of the molecule is CCOc1ccc(S(=O)(=O)c2ccccc2NCC(=O)Nc2ccc(CC#N)cc2)cc1. The average Bonchev–Trinajstić information content (AvgIpc) is 2.80. The zero-order valence-electron chi connectivity index (χ0n) is 17.5. The minimum Gasteiger partial charge on any atom is -0.494 e. The quantitative estimate of drug-likeness (QED) is 0.510. The van der Waals surface area contributed by atoms with E-state index in [2.05, 4.69) is 16.7 Å². The summed E-state index contributed by atoms with van der Waals surface area (Å²) in [6.07, 6.45) is 0.301. The molecule has 3 aromatic carbocycles. The van der Waals surface area contributed by atoms with Crippen molar-refractivity contribution in [1.29, 1.82) is 5.26 Å². The van der Waals surface area contributed by atoms with Crippen LogP contribution in [0.5, 0.6) is 5.75 Å². The zero-order chi connectivity index (χ0) is 23.0. The Balaban J connectivity index is 1.70. The average molecular weight is 450 g/mol. The van der Waals surface area contributed by atoms with Gasteiger partial charge in [-0.25, -0.2) is 8.42 Å². The van der Waals surface area contributed by atoms with Crippen LogP contribution in [0, 0.1) is 11.3 Å². The Morgan fingerprint density at radius 3 is 2.34 bits per heavy atom. The van der Waals surface area contributed by atoms with Crippen LogP contribution in [0.15, 0.2) is 82.6 Å². The van der Waals surface area contributed by atoms with Gasteiger partial charge in [0.05, 0.1) is 41.1 Å². The van der Waals surface area contributed by atoms with E-state index in [4.69, 9.17) is 10.00 Å². The van der Waals surface area contributed by atoms with Crippen LogP contribution in [-0.2, 0) is 21.1 Å². The summed E-state index contributed by atoms with van der Waals surface area (Å²) in [4.78, 5) is 12.6. The fraction of sp³-hybridized carbons (Fsp3) is 0.167. The summed E-state index contributed by atoms with van der Waals surface area (Å²) >= 11 is 0. The van der Waals surface area contributed by atoms with Crippen LogP contribution in [0.1, 0.15) is 12.5 Å². The number of benzene rings is 3. The van der Waals surface area contributed by atoms with Crippen molar-refractivity contribution >= 4 is 27.1 Å². The van der Waals surface area contributed by atoms with E-state index in [1.807, 2.05) is 6.92 Å². The predicted molar refractivity (Wildman–Crippen MR) is 122 cm³/mol. The normalized spacial score (nSPS) is 10.8. The number of amides is 1. The van der Waals surface area contributed by atoms with Gasteiger partial charge in [-0.1, -0.05) is 24.3 Å². The highest BCUT2D eigenvalue weighted by Gasteiger charge is 2.21. The molecule has 32 heavy (non-hydrogen) atoms. The van der Waals surface area contributed by atoms with Gasteiger partial charge in [0.1, 0.15) is 5.75 Å². The van der Waals surface area contributed by atoms with E-state index in [0.29, 0.717) is 30.2 Å². The molecule has 0 aliphatic carbocycles. The largest absolute Gasteiger partial charge is 0.494 e. The third-order valence-corrected chi connectivity index (χ3v) is 6.41. The number of carbonyl (C=O) groups excluding carboxylic acids is 1. The molecule has 0 saturated carbocycles. The van der Waals surface area contributed by atoms with Crippen molar-refractivity contribution in [3.05, 3.63) is 78.4 Å². The first-order valence-electron chi connectivity index (χ1n) is 10.0. The van der Waals surface area contributed by atoms with Crippen LogP contribution in [-0.4, -0.2) is 27.5 Å². The number of ether oxygens (including phenoxy) is 1. The highest BCUT2D eigenvalue weighted by molar-refractivity contribution is 7.91. The molecule has 0 aromatic heterocycles. The molecule has 0 atom stereocenters. The van der Waals surface area contributed by atoms with Gasteiger partial charge in [-0.05, 0) is 61.0 Å². The summed E-state index contributed by atoms with van der Waals surface area (Å²) in [7, 11) is -3.79. The zero-order valence-corrected chi connectivity index (χ0v) is 18.4. The fourth-order valence-electron chi connectivity index (χ4n) is 3.03. The lowest BCUT2D eigenvalue weighted by molar-refractivity contribution is -0.114. The predicted octanol–water partition coefficient (Wildman–Crippen LogP) is 4.03. The van der Waals surface area contributed by atoms with Crippen molar-refractivity contribution in [3.63, 3.8) is 0 Å². The van der Waals surface area contributed by atoms with Crippen molar-refractivity contribution in [1.82, 2.24) is 0 Å². The Hall–Kier alpha value is -3.83. The summed E-state index contributed by atoms with van der Waals surface area (Å²) < 4.78 is 31.7. The van der Waals surface area contributed by atoms with Crippen molar-refractivity contribution < 1.29 is 17.9 Å². The van der Waals surface area contributed by atoms with Gasteiger partial charge in [0.15, 0.2) is 0 Å². The van der Waals surface area contributed by atoms with E-state index < -0.39 is 9.84 Å². The topological polar surface area (TPSA) is 108 Å². The summed E-state index contributed by atoms with van der Waals surface area (Å²) in [6.45, 7) is 2.23. The van der Waals surface area contributed by atoms with E-state index in [1.165, 1.54) is 18.2 Å². The first-order chi connectivity index (χ1) is 15.4. The number of hydrogen-bond donors (Lipinski definition) is 2. The first-order valence-corrected chi connectivity index (χ1v) is 11.5. The molecule has 0 spiro atoms. The Morgan fingerprint density at radius 2 is 1.69 bits per heavy atom. The van der Waals surface area contributed by atoms with Crippen LogP contribution in [0.25, 0.3) is 0 Å². The molecule has 0 bridgehead atoms. The van der Waals surface area contributed by atoms with E-state index in [9.17, 15) is 13.2 Å². The molecule has 7 nitrogen and oxygen atoms in total. The van der Waals surface area contributed by atoms with E-state index in [0.717, 1.165) is 5.56 Å². The standard InChI is InChI=1S/C24H23N3O4S/c1-2-31-20-11-13-21(14-12-20)32(29,30)23-6-4-3-5-22(23)26-17-24(28)27-19-9-7-18(8-10-19)15-16-25/h3-14,26H,2,15,17H2,1H3,(H,27,28). The molecular weight excluding hydrogens is 426 g/mol. The minimum atomic E-state index is -3.79. The number of nitriles is 1. The number of nitrogens with one attached hydrogen (secondary N) is 2. The number of rotatable bonds is 9. The number of para-hydroxylation sites is 1. The molecule has 8 heteroatoms. The maximum atomic E-state index is 13.1. The van der Waals surface area contributed by atoms with Crippen molar-refractivity contribution in [3.8, 4) is 11.8 Å². The fourth-order valence-corrected chi connectivity index (χ4v) is 4.47. The van der Waals surface area contributed by atoms with Gasteiger partial charge in [0.25, 0.3) is 0 Å². The lowest BCUT2D eigenvalue weighted by atomic mass is 10.1. The third kappa shape index (κ3) is 5.65. The molecule has 0 unspecified atom stereocenters. The molecule has 2 N–H and O–H groups in total. The van der Waals surface area contributed by atoms with Crippen LogP contribution >= 0.6 is 0 Å². The van der Waals surface area contributed by atoms with E-state index in [1.54, 1.807) is 54.6 Å². The molecule has 0 fully saturated rings. The van der Waals surface area contributed by atoms with Crippen LogP contribution < -0.4 is 15.4 Å². The van der Waals surface area contributed by atoms with Gasteiger partial charge >= 0.3 is 0 Å². The summed E-state index contributed by atoms with van der Waals surface area (Å²) in [6, 6.07) is 21.7. The van der Waals surface area contributed by atoms with Gasteiger partial charge in [-0.15, -0.1) is 0 Å². The second kappa shape index (κ2) is 10.5. The van der Waals surface area contributed by atoms with Crippen LogP contribution in [0.2, 0.25) is 0 Å². The summed E-state index contributed by atoms with van der Waals surface area (Å²) in [5.74, 6) is 0.265. The lowest BCUT2D eigenvalue weighted by Gasteiger charge is -2.13.